The molecule has 0 aliphatic heterocycles. The molecule has 5 heteroatoms. The van der Waals surface area contributed by atoms with Crippen molar-refractivity contribution >= 4 is 5.97 Å². The fraction of sp³-hybridized carbons (Fsp3) is 0.750. The molecule has 0 aliphatic carbocycles. The number of carbonyl (C=O) groups is 1. The third-order valence-electron chi connectivity index (χ3n) is 0.512. The molecule has 0 saturated carbocycles. The van der Waals surface area contributed by atoms with Crippen molar-refractivity contribution < 1.29 is 19.8 Å². The number of rotatable bonds is 5. The van der Waals surface area contributed by atoms with Crippen LogP contribution in [0.5, 0.6) is 0 Å². The highest BCUT2D eigenvalue weighted by Gasteiger charge is 1.93. The minimum atomic E-state index is -1.04. The molecule has 0 fully saturated rings. The van der Waals surface area contributed by atoms with Gasteiger partial charge in [-0.3, -0.25) is 4.84 Å². The first-order valence-electron chi connectivity index (χ1n) is 2.44. The molecular weight excluding hydrogens is 126 g/mol. The van der Waals surface area contributed by atoms with Gasteiger partial charge in [-0.1, -0.05) is 0 Å². The van der Waals surface area contributed by atoms with Gasteiger partial charge < -0.3 is 10.2 Å². The highest BCUT2D eigenvalue weighted by molar-refractivity contribution is 5.67. The SMILES string of the molecule is O=C(O)CONCCO. The van der Waals surface area contributed by atoms with Gasteiger partial charge in [-0.05, 0) is 0 Å². The monoisotopic (exact) mass is 135 g/mol. The van der Waals surface area contributed by atoms with Crippen LogP contribution in [0.15, 0.2) is 0 Å². The van der Waals surface area contributed by atoms with E-state index in [1.54, 1.807) is 0 Å². The fourth-order valence-corrected chi connectivity index (χ4v) is 0.231. The zero-order valence-corrected chi connectivity index (χ0v) is 4.83. The molecule has 0 radical (unpaired) electrons. The zero-order chi connectivity index (χ0) is 7.11. The van der Waals surface area contributed by atoms with Crippen molar-refractivity contribution in [2.75, 3.05) is 19.8 Å². The van der Waals surface area contributed by atoms with E-state index in [4.69, 9.17) is 10.2 Å². The fourth-order valence-electron chi connectivity index (χ4n) is 0.231. The number of nitrogens with one attached hydrogen (secondary N) is 1. The highest BCUT2D eigenvalue weighted by Crippen LogP contribution is 1.65. The van der Waals surface area contributed by atoms with E-state index < -0.39 is 5.97 Å². The largest absolute Gasteiger partial charge is 0.479 e. The summed E-state index contributed by atoms with van der Waals surface area (Å²) in [6.07, 6.45) is 0. The summed E-state index contributed by atoms with van der Waals surface area (Å²) in [7, 11) is 0. The van der Waals surface area contributed by atoms with E-state index in [1.807, 2.05) is 0 Å². The summed E-state index contributed by atoms with van der Waals surface area (Å²) in [6, 6.07) is 0. The van der Waals surface area contributed by atoms with Crippen molar-refractivity contribution in [3.8, 4) is 0 Å². The van der Waals surface area contributed by atoms with Crippen molar-refractivity contribution in [2.45, 2.75) is 0 Å². The Hall–Kier alpha value is -0.650. The average molecular weight is 135 g/mol. The molecule has 0 rings (SSSR count). The number of carboxylic acid groups (broad SMARTS) is 1. The summed E-state index contributed by atoms with van der Waals surface area (Å²) in [5, 5.41) is 16.1. The van der Waals surface area contributed by atoms with Crippen LogP contribution in [-0.2, 0) is 9.63 Å². The molecule has 0 spiro atoms. The number of hydroxylamine groups is 1. The van der Waals surface area contributed by atoms with Gasteiger partial charge in [-0.25, -0.2) is 4.79 Å². The summed E-state index contributed by atoms with van der Waals surface area (Å²) >= 11 is 0. The number of aliphatic carboxylic acids is 1. The maximum Gasteiger partial charge on any atom is 0.331 e. The number of aliphatic hydroxyl groups excluding tert-OH is 1. The van der Waals surface area contributed by atoms with E-state index in [-0.39, 0.29) is 19.8 Å². The summed E-state index contributed by atoms with van der Waals surface area (Å²) < 4.78 is 0. The van der Waals surface area contributed by atoms with Gasteiger partial charge in [0, 0.05) is 6.54 Å². The van der Waals surface area contributed by atoms with Gasteiger partial charge in [0.2, 0.25) is 0 Å². The maximum absolute atomic E-state index is 9.73. The first-order valence-corrected chi connectivity index (χ1v) is 2.44. The van der Waals surface area contributed by atoms with Crippen LogP contribution in [0.2, 0.25) is 0 Å². The topological polar surface area (TPSA) is 78.8 Å². The van der Waals surface area contributed by atoms with Crippen LogP contribution in [0.25, 0.3) is 0 Å². The quantitative estimate of drug-likeness (QED) is 0.318. The molecule has 0 aromatic carbocycles. The third-order valence-corrected chi connectivity index (χ3v) is 0.512. The zero-order valence-electron chi connectivity index (χ0n) is 4.83. The summed E-state index contributed by atoms with van der Waals surface area (Å²) in [4.78, 5) is 14.1. The van der Waals surface area contributed by atoms with E-state index in [0.29, 0.717) is 0 Å². The van der Waals surface area contributed by atoms with Crippen molar-refractivity contribution in [2.24, 2.45) is 0 Å². The lowest BCUT2D eigenvalue weighted by atomic mass is 10.7. The average Bonchev–Trinajstić information content (AvgIpc) is 1.80. The summed E-state index contributed by atoms with van der Waals surface area (Å²) in [5.74, 6) is -1.04. The minimum absolute atomic E-state index is 0.0698. The Balaban J connectivity index is 2.83. The normalized spacial score (nSPS) is 9.44. The Morgan fingerprint density at radius 1 is 1.67 bits per heavy atom. The molecule has 0 aliphatic rings. The Bertz CT molecular complexity index is 84.6. The molecule has 0 saturated heterocycles. The second-order valence-electron chi connectivity index (χ2n) is 1.30. The molecule has 9 heavy (non-hydrogen) atoms. The van der Waals surface area contributed by atoms with Crippen LogP contribution < -0.4 is 5.48 Å². The Labute approximate surface area is 52.2 Å². The molecule has 5 nitrogen and oxygen atoms in total. The molecule has 0 aromatic rings. The van der Waals surface area contributed by atoms with E-state index >= 15 is 0 Å². The second-order valence-corrected chi connectivity index (χ2v) is 1.30. The molecule has 3 N–H and O–H groups in total. The molecule has 0 amide bonds. The smallest absolute Gasteiger partial charge is 0.331 e. The lowest BCUT2D eigenvalue weighted by Crippen LogP contribution is -2.22. The molecule has 54 valence electrons. The van der Waals surface area contributed by atoms with Gasteiger partial charge in [0.25, 0.3) is 0 Å². The molecule has 0 bridgehead atoms. The number of carboxylic acids is 1. The molecule has 0 atom stereocenters. The van der Waals surface area contributed by atoms with Gasteiger partial charge in [0.1, 0.15) is 0 Å². The van der Waals surface area contributed by atoms with Gasteiger partial charge in [0.05, 0.1) is 6.61 Å². The van der Waals surface area contributed by atoms with Crippen LogP contribution >= 0.6 is 0 Å². The Morgan fingerprint density at radius 2 is 2.33 bits per heavy atom. The Morgan fingerprint density at radius 3 is 2.78 bits per heavy atom. The first kappa shape index (κ1) is 8.35. The molecular formula is C4H9NO4. The maximum atomic E-state index is 9.73. The highest BCUT2D eigenvalue weighted by atomic mass is 16.7. The van der Waals surface area contributed by atoms with Gasteiger partial charge in [-0.2, -0.15) is 5.48 Å². The van der Waals surface area contributed by atoms with Crippen LogP contribution in [0, 0.1) is 0 Å². The minimum Gasteiger partial charge on any atom is -0.479 e. The lowest BCUT2D eigenvalue weighted by Gasteiger charge is -1.98. The first-order chi connectivity index (χ1) is 4.27. The molecule has 0 heterocycles. The second kappa shape index (κ2) is 5.49. The third kappa shape index (κ3) is 7.35. The predicted octanol–water partition coefficient (Wildman–Crippen LogP) is -1.42. The Kier molecular flexibility index (Phi) is 5.09. The van der Waals surface area contributed by atoms with E-state index in [9.17, 15) is 4.79 Å². The van der Waals surface area contributed by atoms with E-state index in [0.717, 1.165) is 0 Å². The summed E-state index contributed by atoms with van der Waals surface area (Å²) in [5.41, 5.74) is 2.24. The van der Waals surface area contributed by atoms with Crippen LogP contribution in [0.3, 0.4) is 0 Å². The predicted molar refractivity (Wildman–Crippen MR) is 28.7 cm³/mol. The summed E-state index contributed by atoms with van der Waals surface area (Å²) in [6.45, 7) is -0.215. The van der Waals surface area contributed by atoms with Crippen LogP contribution in [0.4, 0.5) is 0 Å². The van der Waals surface area contributed by atoms with Crippen molar-refractivity contribution in [1.29, 1.82) is 0 Å². The van der Waals surface area contributed by atoms with E-state index in [2.05, 4.69) is 10.3 Å². The molecule has 0 aromatic heterocycles. The number of hydrogen-bond donors (Lipinski definition) is 3. The van der Waals surface area contributed by atoms with Crippen molar-refractivity contribution in [3.05, 3.63) is 0 Å². The van der Waals surface area contributed by atoms with Gasteiger partial charge >= 0.3 is 5.97 Å². The van der Waals surface area contributed by atoms with E-state index in [1.165, 1.54) is 0 Å². The van der Waals surface area contributed by atoms with Crippen molar-refractivity contribution in [1.82, 2.24) is 5.48 Å². The van der Waals surface area contributed by atoms with Crippen LogP contribution in [-0.4, -0.2) is 35.9 Å². The number of hydrogen-bond acceptors (Lipinski definition) is 4. The van der Waals surface area contributed by atoms with Gasteiger partial charge in [-0.15, -0.1) is 0 Å². The molecule has 0 unspecified atom stereocenters. The van der Waals surface area contributed by atoms with Gasteiger partial charge in [0.15, 0.2) is 6.61 Å². The lowest BCUT2D eigenvalue weighted by molar-refractivity contribution is -0.145. The number of aliphatic hydroxyl groups is 1. The standard InChI is InChI=1S/C4H9NO4/c6-2-1-5-9-3-4(7)8/h5-6H,1-3H2,(H,7,8). The van der Waals surface area contributed by atoms with Crippen LogP contribution in [0.1, 0.15) is 0 Å². The van der Waals surface area contributed by atoms with Crippen molar-refractivity contribution in [3.63, 3.8) is 0 Å².